The molecule has 2 fully saturated rings. The van der Waals surface area contributed by atoms with Gasteiger partial charge in [-0.2, -0.15) is 0 Å². The largest absolute Gasteiger partial charge is 0.481 e. The average molecular weight is 240 g/mol. The summed E-state index contributed by atoms with van der Waals surface area (Å²) in [6, 6.07) is 0.301. The molecule has 0 spiro atoms. The molecule has 0 aromatic heterocycles. The standard InChI is InChI=1S/C12H20N2O3/c1-8-6-13-7-10(8)12(17)14(9-2-3-9)5-4-11(15)16/h8-10,13H,2-7H2,1H3,(H,15,16). The van der Waals surface area contributed by atoms with Crippen molar-refractivity contribution in [3.8, 4) is 0 Å². The van der Waals surface area contributed by atoms with E-state index in [1.807, 2.05) is 0 Å². The van der Waals surface area contributed by atoms with E-state index in [1.165, 1.54) is 0 Å². The van der Waals surface area contributed by atoms with E-state index in [1.54, 1.807) is 4.90 Å². The number of rotatable bonds is 5. The van der Waals surface area contributed by atoms with Gasteiger partial charge in [0.2, 0.25) is 5.91 Å². The third-order valence-corrected chi connectivity index (χ3v) is 3.67. The van der Waals surface area contributed by atoms with Gasteiger partial charge < -0.3 is 15.3 Å². The van der Waals surface area contributed by atoms with Crippen LogP contribution in [0.15, 0.2) is 0 Å². The zero-order valence-corrected chi connectivity index (χ0v) is 10.2. The Bertz CT molecular complexity index is 315. The fourth-order valence-electron chi connectivity index (χ4n) is 2.43. The number of nitrogens with zero attached hydrogens (tertiary/aromatic N) is 1. The summed E-state index contributed by atoms with van der Waals surface area (Å²) in [5.41, 5.74) is 0. The zero-order valence-electron chi connectivity index (χ0n) is 10.2. The molecule has 2 rings (SSSR count). The van der Waals surface area contributed by atoms with E-state index in [4.69, 9.17) is 5.11 Å². The molecule has 1 saturated carbocycles. The molecule has 17 heavy (non-hydrogen) atoms. The monoisotopic (exact) mass is 240 g/mol. The molecule has 1 aliphatic carbocycles. The van der Waals surface area contributed by atoms with Gasteiger partial charge in [-0.3, -0.25) is 9.59 Å². The Labute approximate surface area is 101 Å². The second-order valence-electron chi connectivity index (χ2n) is 5.15. The second kappa shape index (κ2) is 5.04. The summed E-state index contributed by atoms with van der Waals surface area (Å²) in [4.78, 5) is 24.7. The van der Waals surface area contributed by atoms with Crippen molar-refractivity contribution in [3.63, 3.8) is 0 Å². The topological polar surface area (TPSA) is 69.6 Å². The molecule has 5 nitrogen and oxygen atoms in total. The van der Waals surface area contributed by atoms with E-state index in [9.17, 15) is 9.59 Å². The van der Waals surface area contributed by atoms with Crippen LogP contribution >= 0.6 is 0 Å². The van der Waals surface area contributed by atoms with Crippen LogP contribution in [-0.2, 0) is 9.59 Å². The maximum absolute atomic E-state index is 12.3. The Balaban J connectivity index is 1.95. The lowest BCUT2D eigenvalue weighted by Gasteiger charge is -2.26. The number of amides is 1. The van der Waals surface area contributed by atoms with Gasteiger partial charge in [-0.15, -0.1) is 0 Å². The van der Waals surface area contributed by atoms with Crippen LogP contribution in [0.25, 0.3) is 0 Å². The third-order valence-electron chi connectivity index (χ3n) is 3.67. The van der Waals surface area contributed by atoms with Gasteiger partial charge in [0.05, 0.1) is 12.3 Å². The fourth-order valence-corrected chi connectivity index (χ4v) is 2.43. The SMILES string of the molecule is CC1CNCC1C(=O)N(CCC(=O)O)C1CC1. The van der Waals surface area contributed by atoms with Gasteiger partial charge in [-0.1, -0.05) is 6.92 Å². The lowest BCUT2D eigenvalue weighted by Crippen LogP contribution is -2.41. The second-order valence-corrected chi connectivity index (χ2v) is 5.15. The van der Waals surface area contributed by atoms with Gasteiger partial charge in [-0.25, -0.2) is 0 Å². The Morgan fingerprint density at radius 3 is 2.53 bits per heavy atom. The highest BCUT2D eigenvalue weighted by molar-refractivity contribution is 5.81. The van der Waals surface area contributed by atoms with Gasteiger partial charge in [0, 0.05) is 19.1 Å². The normalized spacial score (nSPS) is 28.1. The summed E-state index contributed by atoms with van der Waals surface area (Å²) in [6.07, 6.45) is 2.11. The number of carboxylic acids is 1. The third kappa shape index (κ3) is 2.97. The van der Waals surface area contributed by atoms with E-state index in [2.05, 4.69) is 12.2 Å². The van der Waals surface area contributed by atoms with Crippen LogP contribution in [0.5, 0.6) is 0 Å². The first-order chi connectivity index (χ1) is 8.09. The zero-order chi connectivity index (χ0) is 12.4. The van der Waals surface area contributed by atoms with Crippen molar-refractivity contribution in [2.75, 3.05) is 19.6 Å². The summed E-state index contributed by atoms with van der Waals surface area (Å²) in [6.45, 7) is 4.05. The van der Waals surface area contributed by atoms with Gasteiger partial charge in [0.15, 0.2) is 0 Å². The van der Waals surface area contributed by atoms with E-state index in [0.717, 1.165) is 25.9 Å². The van der Waals surface area contributed by atoms with Crippen molar-refractivity contribution in [3.05, 3.63) is 0 Å². The lowest BCUT2D eigenvalue weighted by atomic mass is 9.96. The highest BCUT2D eigenvalue weighted by Crippen LogP contribution is 2.30. The van der Waals surface area contributed by atoms with Crippen LogP contribution in [0.4, 0.5) is 0 Å². The van der Waals surface area contributed by atoms with Crippen LogP contribution in [-0.4, -0.2) is 47.6 Å². The molecule has 1 saturated heterocycles. The first-order valence-corrected chi connectivity index (χ1v) is 6.32. The number of carbonyl (C=O) groups is 2. The van der Waals surface area contributed by atoms with Crippen molar-refractivity contribution in [2.45, 2.75) is 32.2 Å². The van der Waals surface area contributed by atoms with Crippen molar-refractivity contribution >= 4 is 11.9 Å². The quantitative estimate of drug-likeness (QED) is 0.725. The molecule has 1 heterocycles. The molecule has 5 heteroatoms. The van der Waals surface area contributed by atoms with Gasteiger partial charge in [0.1, 0.15) is 0 Å². The van der Waals surface area contributed by atoms with Crippen LogP contribution in [0, 0.1) is 11.8 Å². The lowest BCUT2D eigenvalue weighted by molar-refractivity contribution is -0.140. The van der Waals surface area contributed by atoms with Crippen molar-refractivity contribution in [2.24, 2.45) is 11.8 Å². The van der Waals surface area contributed by atoms with Gasteiger partial charge >= 0.3 is 5.97 Å². The number of aliphatic carboxylic acids is 1. The molecule has 2 aliphatic rings. The number of hydrogen-bond donors (Lipinski definition) is 2. The first-order valence-electron chi connectivity index (χ1n) is 6.32. The number of carboxylic acid groups (broad SMARTS) is 1. The summed E-state index contributed by atoms with van der Waals surface area (Å²) in [7, 11) is 0. The minimum atomic E-state index is -0.832. The molecule has 0 radical (unpaired) electrons. The van der Waals surface area contributed by atoms with E-state index >= 15 is 0 Å². The predicted molar refractivity (Wildman–Crippen MR) is 62.5 cm³/mol. The Hall–Kier alpha value is -1.10. The summed E-state index contributed by atoms with van der Waals surface area (Å²) in [5.74, 6) is -0.301. The van der Waals surface area contributed by atoms with Crippen molar-refractivity contribution in [1.29, 1.82) is 0 Å². The molecule has 0 aromatic carbocycles. The average Bonchev–Trinajstić information content (AvgIpc) is 3.00. The molecule has 0 aromatic rings. The molecule has 1 aliphatic heterocycles. The minimum absolute atomic E-state index is 0.0318. The molecule has 1 amide bonds. The minimum Gasteiger partial charge on any atom is -0.481 e. The summed E-state index contributed by atoms with van der Waals surface area (Å²) < 4.78 is 0. The van der Waals surface area contributed by atoms with Gasteiger partial charge in [0.25, 0.3) is 0 Å². The summed E-state index contributed by atoms with van der Waals surface area (Å²) >= 11 is 0. The molecule has 2 unspecified atom stereocenters. The highest BCUT2D eigenvalue weighted by Gasteiger charge is 2.39. The number of carbonyl (C=O) groups excluding carboxylic acids is 1. The Morgan fingerprint density at radius 2 is 2.06 bits per heavy atom. The van der Waals surface area contributed by atoms with E-state index < -0.39 is 5.97 Å². The maximum Gasteiger partial charge on any atom is 0.305 e. The molecule has 0 bridgehead atoms. The number of nitrogens with one attached hydrogen (secondary N) is 1. The maximum atomic E-state index is 12.3. The molecular formula is C12H20N2O3. The smallest absolute Gasteiger partial charge is 0.305 e. The van der Waals surface area contributed by atoms with Crippen molar-refractivity contribution < 1.29 is 14.7 Å². The fraction of sp³-hybridized carbons (Fsp3) is 0.833. The predicted octanol–water partition coefficient (Wildman–Crippen LogP) is 0.308. The Kier molecular flexibility index (Phi) is 3.66. The van der Waals surface area contributed by atoms with E-state index in [0.29, 0.717) is 18.5 Å². The van der Waals surface area contributed by atoms with Crippen LogP contribution in [0.1, 0.15) is 26.2 Å². The Morgan fingerprint density at radius 1 is 1.35 bits per heavy atom. The first kappa shape index (κ1) is 12.4. The van der Waals surface area contributed by atoms with Crippen LogP contribution in [0.3, 0.4) is 0 Å². The van der Waals surface area contributed by atoms with Crippen LogP contribution in [0.2, 0.25) is 0 Å². The summed E-state index contributed by atoms with van der Waals surface area (Å²) in [5, 5.41) is 11.9. The van der Waals surface area contributed by atoms with Crippen molar-refractivity contribution in [1.82, 2.24) is 10.2 Å². The van der Waals surface area contributed by atoms with E-state index in [-0.39, 0.29) is 18.2 Å². The number of hydrogen-bond acceptors (Lipinski definition) is 3. The van der Waals surface area contributed by atoms with Gasteiger partial charge in [-0.05, 0) is 25.3 Å². The van der Waals surface area contributed by atoms with Crippen LogP contribution < -0.4 is 5.32 Å². The molecular weight excluding hydrogens is 220 g/mol. The molecule has 2 atom stereocenters. The molecule has 96 valence electrons. The molecule has 2 N–H and O–H groups in total. The highest BCUT2D eigenvalue weighted by atomic mass is 16.4.